The van der Waals surface area contributed by atoms with Crippen LogP contribution in [0.5, 0.6) is 0 Å². The molecule has 1 aliphatic rings. The maximum Gasteiger partial charge on any atom is 0.288 e. The number of benzene rings is 1. The third kappa shape index (κ3) is 3.33. The summed E-state index contributed by atoms with van der Waals surface area (Å²) >= 11 is 2.12. The molecule has 1 amide bonds. The first-order valence-electron chi connectivity index (χ1n) is 7.03. The van der Waals surface area contributed by atoms with Gasteiger partial charge in [-0.15, -0.1) is 0 Å². The molecule has 0 N–H and O–H groups in total. The molecule has 3 rings (SSSR count). The Labute approximate surface area is 136 Å². The lowest BCUT2D eigenvalue weighted by Crippen LogP contribution is -2.30. The molecular formula is C16H15F2NOS2. The number of carbonyl (C=O) groups excluding carboxylic acids is 1. The number of hydrogen-bond acceptors (Lipinski definition) is 3. The summed E-state index contributed by atoms with van der Waals surface area (Å²) in [5.41, 5.74) is 1.74. The van der Waals surface area contributed by atoms with Crippen molar-refractivity contribution in [3.63, 3.8) is 0 Å². The van der Waals surface area contributed by atoms with Crippen molar-refractivity contribution in [1.82, 2.24) is 4.90 Å². The average molecular weight is 339 g/mol. The fraction of sp³-hybridized carbons (Fsp3) is 0.312. The second-order valence-electron chi connectivity index (χ2n) is 5.12. The predicted molar refractivity (Wildman–Crippen MR) is 85.6 cm³/mol. The summed E-state index contributed by atoms with van der Waals surface area (Å²) in [5, 5.41) is 4.10. The fourth-order valence-corrected chi connectivity index (χ4v) is 3.97. The minimum Gasteiger partial charge on any atom is -0.332 e. The van der Waals surface area contributed by atoms with Crippen molar-refractivity contribution in [2.24, 2.45) is 0 Å². The number of carbonyl (C=O) groups is 1. The lowest BCUT2D eigenvalue weighted by Gasteiger charge is -2.24. The molecule has 2 aromatic rings. The van der Waals surface area contributed by atoms with Gasteiger partial charge in [0.15, 0.2) is 0 Å². The molecule has 116 valence electrons. The van der Waals surface area contributed by atoms with Crippen LogP contribution < -0.4 is 0 Å². The van der Waals surface area contributed by atoms with Crippen molar-refractivity contribution in [2.75, 3.05) is 6.54 Å². The molecule has 0 radical (unpaired) electrons. The predicted octanol–water partition coefficient (Wildman–Crippen LogP) is 5.04. The van der Waals surface area contributed by atoms with Crippen LogP contribution in [0.15, 0.2) is 46.0 Å². The zero-order valence-corrected chi connectivity index (χ0v) is 13.4. The highest BCUT2D eigenvalue weighted by atomic mass is 32.2. The van der Waals surface area contributed by atoms with Crippen LogP contribution in [0, 0.1) is 0 Å². The number of halogens is 2. The normalized spacial score (nSPS) is 18.1. The van der Waals surface area contributed by atoms with Crippen LogP contribution in [0.1, 0.15) is 34.8 Å². The fourth-order valence-electron chi connectivity index (χ4n) is 2.77. The number of nitrogens with zero attached hydrogens (tertiary/aromatic N) is 1. The Kier molecular flexibility index (Phi) is 4.78. The Morgan fingerprint density at radius 2 is 2.05 bits per heavy atom. The first-order chi connectivity index (χ1) is 10.6. The van der Waals surface area contributed by atoms with E-state index in [9.17, 15) is 13.6 Å². The van der Waals surface area contributed by atoms with Gasteiger partial charge in [-0.3, -0.25) is 4.79 Å². The minimum absolute atomic E-state index is 0.0257. The molecule has 1 aromatic heterocycles. The van der Waals surface area contributed by atoms with E-state index in [1.54, 1.807) is 35.6 Å². The van der Waals surface area contributed by atoms with E-state index in [0.29, 0.717) is 22.2 Å². The monoisotopic (exact) mass is 339 g/mol. The van der Waals surface area contributed by atoms with Crippen LogP contribution in [-0.4, -0.2) is 23.1 Å². The number of amides is 1. The summed E-state index contributed by atoms with van der Waals surface area (Å²) < 4.78 is 24.6. The lowest BCUT2D eigenvalue weighted by atomic mass is 10.1. The molecule has 0 saturated carbocycles. The summed E-state index contributed by atoms with van der Waals surface area (Å²) in [5.74, 6) is -2.47. The Bertz CT molecular complexity index is 628. The highest BCUT2D eigenvalue weighted by molar-refractivity contribution is 7.99. The van der Waals surface area contributed by atoms with Gasteiger partial charge in [-0.25, -0.2) is 0 Å². The number of hydrogen-bond donors (Lipinski definition) is 0. The SMILES string of the molecule is O=C(c1ccc(SC(F)F)cc1)N1CCC[C@H]1c1ccsc1. The molecule has 1 saturated heterocycles. The minimum atomic E-state index is -2.44. The maximum absolute atomic E-state index is 12.7. The van der Waals surface area contributed by atoms with Gasteiger partial charge in [-0.2, -0.15) is 20.1 Å². The van der Waals surface area contributed by atoms with Crippen LogP contribution in [0.2, 0.25) is 0 Å². The number of alkyl halides is 2. The van der Waals surface area contributed by atoms with Gasteiger partial charge in [0.25, 0.3) is 11.7 Å². The molecule has 0 aliphatic carbocycles. The van der Waals surface area contributed by atoms with Gasteiger partial charge in [0, 0.05) is 17.0 Å². The molecule has 1 fully saturated rings. The van der Waals surface area contributed by atoms with E-state index in [4.69, 9.17) is 0 Å². The van der Waals surface area contributed by atoms with E-state index >= 15 is 0 Å². The van der Waals surface area contributed by atoms with Gasteiger partial charge in [-0.1, -0.05) is 11.8 Å². The Hall–Kier alpha value is -1.40. The van der Waals surface area contributed by atoms with Gasteiger partial charge in [0.2, 0.25) is 0 Å². The summed E-state index contributed by atoms with van der Waals surface area (Å²) in [6, 6.07) is 8.63. The Morgan fingerprint density at radius 3 is 2.68 bits per heavy atom. The molecule has 0 unspecified atom stereocenters. The summed E-state index contributed by atoms with van der Waals surface area (Å²) in [6.45, 7) is 0.743. The van der Waals surface area contributed by atoms with Crippen LogP contribution >= 0.6 is 23.1 Å². The zero-order valence-electron chi connectivity index (χ0n) is 11.7. The van der Waals surface area contributed by atoms with E-state index in [0.717, 1.165) is 19.4 Å². The van der Waals surface area contributed by atoms with E-state index < -0.39 is 5.76 Å². The maximum atomic E-state index is 12.7. The van der Waals surface area contributed by atoms with Crippen molar-refractivity contribution >= 4 is 29.0 Å². The summed E-state index contributed by atoms with van der Waals surface area (Å²) in [6.07, 6.45) is 1.97. The quantitative estimate of drug-likeness (QED) is 0.727. The molecule has 1 aliphatic heterocycles. The van der Waals surface area contributed by atoms with Gasteiger partial charge >= 0.3 is 0 Å². The number of thioether (sulfide) groups is 1. The van der Waals surface area contributed by atoms with E-state index in [2.05, 4.69) is 11.4 Å². The third-order valence-electron chi connectivity index (χ3n) is 3.77. The van der Waals surface area contributed by atoms with Crippen molar-refractivity contribution in [1.29, 1.82) is 0 Å². The Balaban J connectivity index is 1.75. The van der Waals surface area contributed by atoms with Gasteiger partial charge < -0.3 is 4.90 Å². The largest absolute Gasteiger partial charge is 0.332 e. The molecule has 22 heavy (non-hydrogen) atoms. The van der Waals surface area contributed by atoms with Crippen molar-refractivity contribution < 1.29 is 13.6 Å². The summed E-state index contributed by atoms with van der Waals surface area (Å²) in [7, 11) is 0. The zero-order chi connectivity index (χ0) is 15.5. The third-order valence-corrected chi connectivity index (χ3v) is 5.19. The Morgan fingerprint density at radius 1 is 1.27 bits per heavy atom. The molecule has 0 spiro atoms. The second-order valence-corrected chi connectivity index (χ2v) is 6.96. The van der Waals surface area contributed by atoms with Crippen LogP contribution in [0.25, 0.3) is 0 Å². The number of rotatable bonds is 4. The van der Waals surface area contributed by atoms with Crippen molar-refractivity contribution in [3.05, 3.63) is 52.2 Å². The van der Waals surface area contributed by atoms with Crippen LogP contribution in [0.4, 0.5) is 8.78 Å². The van der Waals surface area contributed by atoms with Crippen LogP contribution in [0.3, 0.4) is 0 Å². The van der Waals surface area contributed by atoms with Crippen LogP contribution in [-0.2, 0) is 0 Å². The van der Waals surface area contributed by atoms with E-state index in [-0.39, 0.29) is 11.9 Å². The van der Waals surface area contributed by atoms with E-state index in [1.165, 1.54) is 5.56 Å². The molecular weight excluding hydrogens is 324 g/mol. The number of thiophene rings is 1. The molecule has 2 nitrogen and oxygen atoms in total. The highest BCUT2D eigenvalue weighted by Crippen LogP contribution is 2.34. The number of likely N-dealkylation sites (tertiary alicyclic amines) is 1. The van der Waals surface area contributed by atoms with Gasteiger partial charge in [0.1, 0.15) is 0 Å². The molecule has 1 atom stereocenters. The lowest BCUT2D eigenvalue weighted by molar-refractivity contribution is 0.0736. The summed E-state index contributed by atoms with van der Waals surface area (Å²) in [4.78, 5) is 15.0. The van der Waals surface area contributed by atoms with Crippen molar-refractivity contribution in [2.45, 2.75) is 29.5 Å². The standard InChI is InChI=1S/C16H15F2NOS2/c17-16(18)22-13-5-3-11(4-6-13)15(20)19-8-1-2-14(19)12-7-9-21-10-12/h3-7,9-10,14,16H,1-2,8H2/t14-/m0/s1. The molecule has 2 heterocycles. The molecule has 1 aromatic carbocycles. The highest BCUT2D eigenvalue weighted by Gasteiger charge is 2.30. The molecule has 6 heteroatoms. The first kappa shape index (κ1) is 15.5. The average Bonchev–Trinajstić information content (AvgIpc) is 3.17. The first-order valence-corrected chi connectivity index (χ1v) is 8.85. The van der Waals surface area contributed by atoms with Gasteiger partial charge in [-0.05, 0) is 59.5 Å². The molecule has 0 bridgehead atoms. The van der Waals surface area contributed by atoms with Gasteiger partial charge in [0.05, 0.1) is 6.04 Å². The topological polar surface area (TPSA) is 20.3 Å². The van der Waals surface area contributed by atoms with Crippen molar-refractivity contribution in [3.8, 4) is 0 Å². The smallest absolute Gasteiger partial charge is 0.288 e. The second kappa shape index (κ2) is 6.79. The van der Waals surface area contributed by atoms with E-state index in [1.807, 2.05) is 10.3 Å².